The Bertz CT molecular complexity index is 295. The average molecular weight is 267 g/mol. The second kappa shape index (κ2) is 6.74. The standard InChI is InChI=1S/C16H29NO2/c1-12(2)13-6-8-14(9-7-13)16(18)17-10-4-5-15(17)11-19-3/h12-15H,4-11H2,1-3H3/t13-,14+,15-/m1/s1. The molecule has 0 spiro atoms. The summed E-state index contributed by atoms with van der Waals surface area (Å²) in [6.45, 7) is 6.26. The fourth-order valence-corrected chi connectivity index (χ4v) is 3.76. The third-order valence-electron chi connectivity index (χ3n) is 5.08. The van der Waals surface area contributed by atoms with Gasteiger partial charge in [0.15, 0.2) is 0 Å². The number of ether oxygens (including phenoxy) is 1. The molecule has 1 heterocycles. The summed E-state index contributed by atoms with van der Waals surface area (Å²) in [5, 5.41) is 0. The number of carbonyl (C=O) groups is 1. The molecule has 0 bridgehead atoms. The molecule has 1 aliphatic carbocycles. The van der Waals surface area contributed by atoms with Crippen molar-refractivity contribution in [3.05, 3.63) is 0 Å². The first-order valence-corrected chi connectivity index (χ1v) is 7.93. The quantitative estimate of drug-likeness (QED) is 0.783. The van der Waals surface area contributed by atoms with Gasteiger partial charge >= 0.3 is 0 Å². The van der Waals surface area contributed by atoms with Crippen LogP contribution >= 0.6 is 0 Å². The molecule has 3 heteroatoms. The van der Waals surface area contributed by atoms with E-state index in [1.165, 1.54) is 12.8 Å². The first-order valence-electron chi connectivity index (χ1n) is 7.93. The molecule has 2 rings (SSSR count). The van der Waals surface area contributed by atoms with Crippen molar-refractivity contribution in [1.29, 1.82) is 0 Å². The predicted octanol–water partition coefficient (Wildman–Crippen LogP) is 3.09. The van der Waals surface area contributed by atoms with Crippen molar-refractivity contribution in [2.45, 2.75) is 58.4 Å². The minimum atomic E-state index is 0.285. The Morgan fingerprint density at radius 2 is 1.89 bits per heavy atom. The van der Waals surface area contributed by atoms with Gasteiger partial charge in [0, 0.05) is 19.6 Å². The fraction of sp³-hybridized carbons (Fsp3) is 0.938. The van der Waals surface area contributed by atoms with Crippen LogP contribution in [-0.4, -0.2) is 37.1 Å². The molecule has 1 aliphatic heterocycles. The lowest BCUT2D eigenvalue weighted by atomic mass is 9.76. The van der Waals surface area contributed by atoms with Crippen LogP contribution < -0.4 is 0 Å². The van der Waals surface area contributed by atoms with Crippen LogP contribution in [0.4, 0.5) is 0 Å². The third kappa shape index (κ3) is 3.50. The number of carbonyl (C=O) groups excluding carboxylic acids is 1. The van der Waals surface area contributed by atoms with E-state index in [-0.39, 0.29) is 5.92 Å². The molecule has 1 atom stereocenters. The summed E-state index contributed by atoms with van der Waals surface area (Å²) < 4.78 is 5.25. The van der Waals surface area contributed by atoms with E-state index >= 15 is 0 Å². The van der Waals surface area contributed by atoms with Crippen LogP contribution in [0.1, 0.15) is 52.4 Å². The van der Waals surface area contributed by atoms with Crippen LogP contribution in [0.25, 0.3) is 0 Å². The van der Waals surface area contributed by atoms with Crippen LogP contribution in [0.5, 0.6) is 0 Å². The van der Waals surface area contributed by atoms with Gasteiger partial charge in [-0.1, -0.05) is 13.8 Å². The van der Waals surface area contributed by atoms with E-state index < -0.39 is 0 Å². The minimum absolute atomic E-state index is 0.285. The van der Waals surface area contributed by atoms with Crippen LogP contribution in [-0.2, 0) is 9.53 Å². The first-order chi connectivity index (χ1) is 9.13. The molecule has 1 amide bonds. The van der Waals surface area contributed by atoms with Gasteiger partial charge in [0.05, 0.1) is 12.6 Å². The molecule has 0 aromatic rings. The van der Waals surface area contributed by atoms with Crippen molar-refractivity contribution in [1.82, 2.24) is 4.90 Å². The zero-order valence-electron chi connectivity index (χ0n) is 12.7. The Hall–Kier alpha value is -0.570. The van der Waals surface area contributed by atoms with Crippen molar-refractivity contribution in [2.24, 2.45) is 17.8 Å². The van der Waals surface area contributed by atoms with Crippen LogP contribution in [0.3, 0.4) is 0 Å². The second-order valence-corrected chi connectivity index (χ2v) is 6.64. The highest BCUT2D eigenvalue weighted by atomic mass is 16.5. The number of likely N-dealkylation sites (tertiary alicyclic amines) is 1. The molecule has 3 nitrogen and oxygen atoms in total. The summed E-state index contributed by atoms with van der Waals surface area (Å²) in [5.41, 5.74) is 0. The van der Waals surface area contributed by atoms with Crippen molar-refractivity contribution >= 4 is 5.91 Å². The second-order valence-electron chi connectivity index (χ2n) is 6.64. The Balaban J connectivity index is 1.87. The molecule has 0 unspecified atom stereocenters. The number of rotatable bonds is 4. The average Bonchev–Trinajstić information content (AvgIpc) is 2.87. The van der Waals surface area contributed by atoms with E-state index in [0.29, 0.717) is 18.6 Å². The Labute approximate surface area is 117 Å². The van der Waals surface area contributed by atoms with Crippen molar-refractivity contribution in [3.8, 4) is 0 Å². The van der Waals surface area contributed by atoms with Gasteiger partial charge in [-0.15, -0.1) is 0 Å². The molecule has 110 valence electrons. The molecule has 0 radical (unpaired) electrons. The maximum atomic E-state index is 12.6. The van der Waals surface area contributed by atoms with Gasteiger partial charge in [-0.05, 0) is 50.4 Å². The number of amides is 1. The van der Waals surface area contributed by atoms with Gasteiger partial charge in [-0.2, -0.15) is 0 Å². The van der Waals surface area contributed by atoms with E-state index in [1.807, 2.05) is 0 Å². The molecular formula is C16H29NO2. The van der Waals surface area contributed by atoms with Crippen LogP contribution in [0, 0.1) is 17.8 Å². The minimum Gasteiger partial charge on any atom is -0.383 e. The maximum absolute atomic E-state index is 12.6. The summed E-state index contributed by atoms with van der Waals surface area (Å²) in [6, 6.07) is 0.334. The highest BCUT2D eigenvalue weighted by Crippen LogP contribution is 2.35. The predicted molar refractivity (Wildman–Crippen MR) is 76.9 cm³/mol. The van der Waals surface area contributed by atoms with Gasteiger partial charge in [0.25, 0.3) is 0 Å². The summed E-state index contributed by atoms with van der Waals surface area (Å²) in [7, 11) is 1.73. The highest BCUT2D eigenvalue weighted by Gasteiger charge is 2.35. The lowest BCUT2D eigenvalue weighted by Gasteiger charge is -2.34. The largest absolute Gasteiger partial charge is 0.383 e. The number of nitrogens with zero attached hydrogens (tertiary/aromatic N) is 1. The summed E-state index contributed by atoms with van der Waals surface area (Å²) in [5.74, 6) is 2.29. The van der Waals surface area contributed by atoms with Crippen molar-refractivity contribution in [2.75, 3.05) is 20.3 Å². The molecular weight excluding hydrogens is 238 g/mol. The van der Waals surface area contributed by atoms with Gasteiger partial charge in [-0.3, -0.25) is 4.79 Å². The van der Waals surface area contributed by atoms with Crippen molar-refractivity contribution < 1.29 is 9.53 Å². The normalized spacial score (nSPS) is 32.0. The molecule has 2 aliphatic rings. The molecule has 19 heavy (non-hydrogen) atoms. The van der Waals surface area contributed by atoms with E-state index in [1.54, 1.807) is 7.11 Å². The first kappa shape index (κ1) is 14.8. The summed E-state index contributed by atoms with van der Waals surface area (Å²) >= 11 is 0. The number of hydrogen-bond donors (Lipinski definition) is 0. The van der Waals surface area contributed by atoms with E-state index in [2.05, 4.69) is 18.7 Å². The smallest absolute Gasteiger partial charge is 0.226 e. The Morgan fingerprint density at radius 1 is 1.21 bits per heavy atom. The van der Waals surface area contributed by atoms with E-state index in [0.717, 1.165) is 44.1 Å². The lowest BCUT2D eigenvalue weighted by Crippen LogP contribution is -2.42. The fourth-order valence-electron chi connectivity index (χ4n) is 3.76. The molecule has 0 aromatic carbocycles. The zero-order chi connectivity index (χ0) is 13.8. The molecule has 0 aromatic heterocycles. The number of hydrogen-bond acceptors (Lipinski definition) is 2. The van der Waals surface area contributed by atoms with Gasteiger partial charge in [0.1, 0.15) is 0 Å². The lowest BCUT2D eigenvalue weighted by molar-refractivity contribution is -0.138. The summed E-state index contributed by atoms with van der Waals surface area (Å²) in [6.07, 6.45) is 6.91. The van der Waals surface area contributed by atoms with Gasteiger partial charge in [0.2, 0.25) is 5.91 Å². The zero-order valence-corrected chi connectivity index (χ0v) is 12.7. The van der Waals surface area contributed by atoms with E-state index in [9.17, 15) is 4.79 Å². The Kier molecular flexibility index (Phi) is 5.26. The third-order valence-corrected chi connectivity index (χ3v) is 5.08. The van der Waals surface area contributed by atoms with E-state index in [4.69, 9.17) is 4.74 Å². The van der Waals surface area contributed by atoms with Crippen LogP contribution in [0.15, 0.2) is 0 Å². The highest BCUT2D eigenvalue weighted by molar-refractivity contribution is 5.79. The summed E-state index contributed by atoms with van der Waals surface area (Å²) in [4.78, 5) is 14.7. The molecule has 1 saturated heterocycles. The number of methoxy groups -OCH3 is 1. The van der Waals surface area contributed by atoms with Crippen LogP contribution in [0.2, 0.25) is 0 Å². The monoisotopic (exact) mass is 267 g/mol. The Morgan fingerprint density at radius 3 is 2.47 bits per heavy atom. The van der Waals surface area contributed by atoms with Crippen molar-refractivity contribution in [3.63, 3.8) is 0 Å². The molecule has 0 N–H and O–H groups in total. The molecule has 1 saturated carbocycles. The SMILES string of the molecule is COC[C@H]1CCCN1C(=O)[C@H]1CC[C@@H](C(C)C)CC1. The topological polar surface area (TPSA) is 29.5 Å². The van der Waals surface area contributed by atoms with Gasteiger partial charge < -0.3 is 9.64 Å². The maximum Gasteiger partial charge on any atom is 0.226 e. The van der Waals surface area contributed by atoms with Gasteiger partial charge in [-0.25, -0.2) is 0 Å². The molecule has 2 fully saturated rings.